The lowest BCUT2D eigenvalue weighted by Crippen LogP contribution is -2.45. The molecule has 0 bridgehead atoms. The molecule has 0 saturated heterocycles. The Kier molecular flexibility index (Phi) is 4.31. The maximum Gasteiger partial charge on any atom is 0.255 e. The second kappa shape index (κ2) is 6.07. The second-order valence-electron chi connectivity index (χ2n) is 6.50. The van der Waals surface area contributed by atoms with E-state index < -0.39 is 0 Å². The highest BCUT2D eigenvalue weighted by molar-refractivity contribution is 9.10. The molecular weight excluding hydrogens is 342 g/mol. The van der Waals surface area contributed by atoms with E-state index in [4.69, 9.17) is 0 Å². The van der Waals surface area contributed by atoms with Crippen LogP contribution in [0.15, 0.2) is 22.4 Å². The summed E-state index contributed by atoms with van der Waals surface area (Å²) in [5.74, 6) is 0.232. The van der Waals surface area contributed by atoms with Gasteiger partial charge in [0.25, 0.3) is 5.91 Å². The average molecular weight is 364 g/mol. The number of fused-ring (bicyclic) bond motifs is 1. The van der Waals surface area contributed by atoms with Gasteiger partial charge in [-0.15, -0.1) is 0 Å². The maximum absolute atomic E-state index is 12.6. The summed E-state index contributed by atoms with van der Waals surface area (Å²) in [4.78, 5) is 12.6. The lowest BCUT2D eigenvalue weighted by Gasteiger charge is -2.33. The van der Waals surface area contributed by atoms with E-state index in [9.17, 15) is 9.90 Å². The Morgan fingerprint density at radius 3 is 2.45 bits per heavy atom. The van der Waals surface area contributed by atoms with Crippen molar-refractivity contribution in [3.63, 3.8) is 0 Å². The molecule has 2 aliphatic rings. The van der Waals surface area contributed by atoms with Crippen molar-refractivity contribution in [1.29, 1.82) is 0 Å². The van der Waals surface area contributed by atoms with E-state index in [-0.39, 0.29) is 17.9 Å². The van der Waals surface area contributed by atoms with Crippen molar-refractivity contribution in [3.05, 3.63) is 39.1 Å². The van der Waals surface area contributed by atoms with Crippen molar-refractivity contribution >= 4 is 27.4 Å². The van der Waals surface area contributed by atoms with Gasteiger partial charge in [-0.05, 0) is 55.5 Å². The molecule has 2 atom stereocenters. The highest BCUT2D eigenvalue weighted by Gasteiger charge is 2.37. The van der Waals surface area contributed by atoms with E-state index >= 15 is 0 Å². The first-order chi connectivity index (χ1) is 10.5. The fourth-order valence-electron chi connectivity index (χ4n) is 3.90. The SMILES string of the molecule is Cc1cc(Br)cc(C)c1C1=C(O)C2CCCCCC2NC1=O. The van der Waals surface area contributed by atoms with Gasteiger partial charge in [0.1, 0.15) is 5.76 Å². The number of aryl methyl sites for hydroxylation is 2. The predicted octanol–water partition coefficient (Wildman–Crippen LogP) is 4.41. The van der Waals surface area contributed by atoms with Gasteiger partial charge in [0, 0.05) is 16.4 Å². The molecule has 2 unspecified atom stereocenters. The number of aliphatic hydroxyl groups excluding tert-OH is 1. The topological polar surface area (TPSA) is 49.3 Å². The molecule has 4 heteroatoms. The minimum Gasteiger partial charge on any atom is -0.511 e. The van der Waals surface area contributed by atoms with Crippen LogP contribution >= 0.6 is 15.9 Å². The molecule has 118 valence electrons. The summed E-state index contributed by atoms with van der Waals surface area (Å²) in [6, 6.07) is 4.08. The third kappa shape index (κ3) is 2.69. The van der Waals surface area contributed by atoms with Crippen LogP contribution in [-0.4, -0.2) is 17.1 Å². The predicted molar refractivity (Wildman–Crippen MR) is 91.7 cm³/mol. The molecule has 1 saturated carbocycles. The van der Waals surface area contributed by atoms with E-state index in [1.165, 1.54) is 6.42 Å². The first-order valence-electron chi connectivity index (χ1n) is 8.00. The first kappa shape index (κ1) is 15.6. The fourth-order valence-corrected chi connectivity index (χ4v) is 4.58. The molecule has 0 radical (unpaired) electrons. The largest absolute Gasteiger partial charge is 0.511 e. The van der Waals surface area contributed by atoms with Gasteiger partial charge < -0.3 is 10.4 Å². The third-order valence-electron chi connectivity index (χ3n) is 4.91. The molecule has 2 N–H and O–H groups in total. The number of benzene rings is 1. The molecule has 0 spiro atoms. The highest BCUT2D eigenvalue weighted by atomic mass is 79.9. The van der Waals surface area contributed by atoms with Gasteiger partial charge in [0.15, 0.2) is 0 Å². The van der Waals surface area contributed by atoms with E-state index in [2.05, 4.69) is 21.2 Å². The monoisotopic (exact) mass is 363 g/mol. The molecule has 1 aliphatic heterocycles. The van der Waals surface area contributed by atoms with Gasteiger partial charge in [0.2, 0.25) is 0 Å². The minimum atomic E-state index is -0.130. The summed E-state index contributed by atoms with van der Waals surface area (Å²) in [7, 11) is 0. The number of aliphatic hydroxyl groups is 1. The zero-order chi connectivity index (χ0) is 15.9. The van der Waals surface area contributed by atoms with E-state index in [1.54, 1.807) is 0 Å². The summed E-state index contributed by atoms with van der Waals surface area (Å²) in [5, 5.41) is 14.0. The number of amides is 1. The fraction of sp³-hybridized carbons (Fsp3) is 0.500. The third-order valence-corrected chi connectivity index (χ3v) is 5.37. The Morgan fingerprint density at radius 1 is 1.14 bits per heavy atom. The van der Waals surface area contributed by atoms with E-state index in [1.807, 2.05) is 26.0 Å². The van der Waals surface area contributed by atoms with Gasteiger partial charge in [-0.25, -0.2) is 0 Å². The van der Waals surface area contributed by atoms with E-state index in [0.29, 0.717) is 11.3 Å². The number of hydrogen-bond acceptors (Lipinski definition) is 2. The Labute approximate surface area is 139 Å². The highest BCUT2D eigenvalue weighted by Crippen LogP contribution is 2.38. The molecule has 1 fully saturated rings. The van der Waals surface area contributed by atoms with Gasteiger partial charge in [-0.2, -0.15) is 0 Å². The lowest BCUT2D eigenvalue weighted by molar-refractivity contribution is -0.117. The van der Waals surface area contributed by atoms with Crippen LogP contribution in [0.3, 0.4) is 0 Å². The van der Waals surface area contributed by atoms with Crippen molar-refractivity contribution in [1.82, 2.24) is 5.32 Å². The van der Waals surface area contributed by atoms with Crippen molar-refractivity contribution < 1.29 is 9.90 Å². The minimum absolute atomic E-state index is 0.0673. The number of rotatable bonds is 1. The van der Waals surface area contributed by atoms with Gasteiger partial charge in [-0.3, -0.25) is 4.79 Å². The number of nitrogens with one attached hydrogen (secondary N) is 1. The van der Waals surface area contributed by atoms with Crippen molar-refractivity contribution in [2.24, 2.45) is 5.92 Å². The molecule has 1 aliphatic carbocycles. The van der Waals surface area contributed by atoms with Crippen molar-refractivity contribution in [3.8, 4) is 0 Å². The first-order valence-corrected chi connectivity index (χ1v) is 8.79. The maximum atomic E-state index is 12.6. The van der Waals surface area contributed by atoms with Gasteiger partial charge >= 0.3 is 0 Å². The van der Waals surface area contributed by atoms with Crippen LogP contribution in [0.5, 0.6) is 0 Å². The molecule has 1 heterocycles. The quantitative estimate of drug-likeness (QED) is 0.775. The van der Waals surface area contributed by atoms with Crippen LogP contribution in [0.4, 0.5) is 0 Å². The molecule has 1 aromatic rings. The van der Waals surface area contributed by atoms with Gasteiger partial charge in [-0.1, -0.05) is 35.2 Å². The lowest BCUT2D eigenvalue weighted by atomic mass is 9.82. The van der Waals surface area contributed by atoms with Crippen LogP contribution in [0.2, 0.25) is 0 Å². The van der Waals surface area contributed by atoms with Crippen LogP contribution in [-0.2, 0) is 4.79 Å². The summed E-state index contributed by atoms with van der Waals surface area (Å²) < 4.78 is 0.995. The molecule has 22 heavy (non-hydrogen) atoms. The Bertz CT molecular complexity index is 627. The standard InChI is InChI=1S/C18H22BrNO2/c1-10-8-12(19)9-11(2)15(10)16-17(21)13-6-4-3-5-7-14(13)20-18(16)22/h8-9,13-14,21H,3-7H2,1-2H3,(H,20,22). The van der Waals surface area contributed by atoms with E-state index in [0.717, 1.165) is 46.8 Å². The van der Waals surface area contributed by atoms with Crippen molar-refractivity contribution in [2.45, 2.75) is 52.0 Å². The normalized spacial score (nSPS) is 25.5. The summed E-state index contributed by atoms with van der Waals surface area (Å²) in [5.41, 5.74) is 3.37. The Hall–Kier alpha value is -1.29. The molecular formula is C18H22BrNO2. The van der Waals surface area contributed by atoms with Crippen molar-refractivity contribution in [2.75, 3.05) is 0 Å². The van der Waals surface area contributed by atoms with Crippen LogP contribution in [0.25, 0.3) is 5.57 Å². The average Bonchev–Trinajstić information content (AvgIpc) is 2.66. The number of carbonyl (C=O) groups excluding carboxylic acids is 1. The molecule has 3 nitrogen and oxygen atoms in total. The second-order valence-corrected chi connectivity index (χ2v) is 7.41. The summed E-state index contributed by atoms with van der Waals surface area (Å²) in [6.07, 6.45) is 5.34. The van der Waals surface area contributed by atoms with Gasteiger partial charge in [0.05, 0.1) is 5.57 Å². The number of carbonyl (C=O) groups is 1. The molecule has 3 rings (SSSR count). The number of hydrogen-bond donors (Lipinski definition) is 2. The summed E-state index contributed by atoms with van der Waals surface area (Å²) in [6.45, 7) is 3.97. The Balaban J connectivity index is 2.12. The van der Waals surface area contributed by atoms with Crippen LogP contribution < -0.4 is 5.32 Å². The zero-order valence-electron chi connectivity index (χ0n) is 13.1. The van der Waals surface area contributed by atoms with Crippen LogP contribution in [0.1, 0.15) is 48.8 Å². The smallest absolute Gasteiger partial charge is 0.255 e. The molecule has 0 aromatic heterocycles. The summed E-state index contributed by atoms with van der Waals surface area (Å²) >= 11 is 3.49. The number of halogens is 1. The zero-order valence-corrected chi connectivity index (χ0v) is 14.7. The molecule has 1 amide bonds. The Morgan fingerprint density at radius 2 is 1.77 bits per heavy atom. The molecule has 1 aromatic carbocycles. The van der Waals surface area contributed by atoms with Crippen LogP contribution in [0, 0.1) is 19.8 Å².